The molecule has 0 saturated heterocycles. The number of hydrogen-bond donors (Lipinski definition) is 0. The highest BCUT2D eigenvalue weighted by Gasteiger charge is 2.12. The maximum absolute atomic E-state index is 13.0. The number of aromatic nitrogens is 1. The Hall–Kier alpha value is -2.05. The highest BCUT2D eigenvalue weighted by atomic mass is 32.1. The first kappa shape index (κ1) is 18.3. The van der Waals surface area contributed by atoms with Crippen LogP contribution in [0.5, 0.6) is 0 Å². The predicted octanol–water partition coefficient (Wildman–Crippen LogP) is 3.19. The lowest BCUT2D eigenvalue weighted by Gasteiger charge is -2.23. The Bertz CT molecular complexity index is 695. The number of benzene rings is 1. The number of hydrogen-bond acceptors (Lipinski definition) is 4. The molecule has 1 aromatic heterocycles. The average Bonchev–Trinajstić information content (AvgIpc) is 2.96. The molecule has 1 aromatic carbocycles. The second kappa shape index (κ2) is 8.70. The van der Waals surface area contributed by atoms with Gasteiger partial charge in [-0.15, -0.1) is 11.3 Å². The van der Waals surface area contributed by atoms with E-state index in [2.05, 4.69) is 4.98 Å². The smallest absolute Gasteiger partial charge is 0.246 e. The van der Waals surface area contributed by atoms with Crippen LogP contribution in [0.15, 0.2) is 35.7 Å². The molecule has 0 bridgehead atoms. The third-order valence-corrected chi connectivity index (χ3v) is 4.24. The molecule has 0 aliphatic heterocycles. The van der Waals surface area contributed by atoms with Gasteiger partial charge < -0.3 is 9.80 Å². The van der Waals surface area contributed by atoms with Crippen LogP contribution < -0.4 is 0 Å². The Morgan fingerprint density at radius 2 is 1.96 bits per heavy atom. The molecule has 1 amide bonds. The Kier molecular flexibility index (Phi) is 6.63. The van der Waals surface area contributed by atoms with Crippen LogP contribution in [-0.4, -0.2) is 47.9 Å². The van der Waals surface area contributed by atoms with Crippen molar-refractivity contribution < 1.29 is 9.18 Å². The van der Waals surface area contributed by atoms with E-state index >= 15 is 0 Å². The second-order valence-corrected chi connectivity index (χ2v) is 6.88. The number of amides is 1. The lowest BCUT2D eigenvalue weighted by atomic mass is 10.2. The fourth-order valence-corrected chi connectivity index (χ4v) is 2.70. The fraction of sp³-hybridized carbons (Fsp3) is 0.333. The number of carbonyl (C=O) groups excluding carboxylic acids is 1. The zero-order chi connectivity index (χ0) is 17.5. The van der Waals surface area contributed by atoms with Crippen LogP contribution >= 0.6 is 11.3 Å². The zero-order valence-electron chi connectivity index (χ0n) is 14.2. The summed E-state index contributed by atoms with van der Waals surface area (Å²) in [6.07, 6.45) is 3.28. The van der Waals surface area contributed by atoms with Crippen LogP contribution in [0.3, 0.4) is 0 Å². The first-order valence-electron chi connectivity index (χ1n) is 7.72. The van der Waals surface area contributed by atoms with Crippen LogP contribution in [0, 0.1) is 12.7 Å². The molecule has 6 heteroatoms. The molecular weight excluding hydrogens is 325 g/mol. The van der Waals surface area contributed by atoms with Crippen molar-refractivity contribution in [1.29, 1.82) is 0 Å². The number of carbonyl (C=O) groups is 1. The van der Waals surface area contributed by atoms with Crippen molar-refractivity contribution in [2.24, 2.45) is 0 Å². The summed E-state index contributed by atoms with van der Waals surface area (Å²) in [4.78, 5) is 20.6. The monoisotopic (exact) mass is 347 g/mol. The quantitative estimate of drug-likeness (QED) is 0.722. The highest BCUT2D eigenvalue weighted by molar-refractivity contribution is 7.09. The van der Waals surface area contributed by atoms with E-state index in [0.717, 1.165) is 22.8 Å². The van der Waals surface area contributed by atoms with Crippen LogP contribution in [0.4, 0.5) is 4.39 Å². The second-order valence-electron chi connectivity index (χ2n) is 5.81. The normalized spacial score (nSPS) is 11.4. The van der Waals surface area contributed by atoms with E-state index in [4.69, 9.17) is 0 Å². The molecule has 128 valence electrons. The van der Waals surface area contributed by atoms with E-state index in [-0.39, 0.29) is 11.7 Å². The van der Waals surface area contributed by atoms with Crippen LogP contribution in [0.2, 0.25) is 0 Å². The van der Waals surface area contributed by atoms with Gasteiger partial charge in [0.1, 0.15) is 5.82 Å². The van der Waals surface area contributed by atoms with Crippen molar-refractivity contribution in [3.05, 3.63) is 57.8 Å². The van der Waals surface area contributed by atoms with E-state index < -0.39 is 0 Å². The Morgan fingerprint density at radius 1 is 1.25 bits per heavy atom. The number of aryl methyl sites for hydroxylation is 1. The molecular formula is C18H22FN3OS. The van der Waals surface area contributed by atoms with Crippen LogP contribution in [0.25, 0.3) is 6.08 Å². The van der Waals surface area contributed by atoms with Gasteiger partial charge in [-0.3, -0.25) is 4.79 Å². The molecule has 2 aromatic rings. The van der Waals surface area contributed by atoms with E-state index in [9.17, 15) is 9.18 Å². The Labute approximate surface area is 146 Å². The standard InChI is InChI=1S/C18H22FN3OS/c1-14-20-17(13-24-14)8-9-18(23)22(11-10-21(2)3)12-15-4-6-16(19)7-5-15/h4-9,13H,10-12H2,1-3H3/b9-8-. The lowest BCUT2D eigenvalue weighted by molar-refractivity contribution is -0.126. The summed E-state index contributed by atoms with van der Waals surface area (Å²) in [5.74, 6) is -0.351. The summed E-state index contributed by atoms with van der Waals surface area (Å²) in [6.45, 7) is 3.75. The topological polar surface area (TPSA) is 36.4 Å². The first-order chi connectivity index (χ1) is 11.4. The number of rotatable bonds is 7. The van der Waals surface area contributed by atoms with Crippen LogP contribution in [0.1, 0.15) is 16.3 Å². The summed E-state index contributed by atoms with van der Waals surface area (Å²) in [5.41, 5.74) is 1.70. The molecule has 0 fully saturated rings. The van der Waals surface area contributed by atoms with Crippen molar-refractivity contribution in [2.75, 3.05) is 27.2 Å². The van der Waals surface area contributed by atoms with Crippen molar-refractivity contribution >= 4 is 23.3 Å². The molecule has 0 aliphatic rings. The van der Waals surface area contributed by atoms with Crippen molar-refractivity contribution in [2.45, 2.75) is 13.5 Å². The van der Waals surface area contributed by atoms with Gasteiger partial charge in [0.15, 0.2) is 0 Å². The lowest BCUT2D eigenvalue weighted by Crippen LogP contribution is -2.35. The minimum Gasteiger partial charge on any atom is -0.334 e. The van der Waals surface area contributed by atoms with Gasteiger partial charge in [0, 0.05) is 31.1 Å². The summed E-state index contributed by atoms with van der Waals surface area (Å²) in [7, 11) is 3.93. The fourth-order valence-electron chi connectivity index (χ4n) is 2.12. The largest absolute Gasteiger partial charge is 0.334 e. The zero-order valence-corrected chi connectivity index (χ0v) is 15.0. The van der Waals surface area contributed by atoms with Gasteiger partial charge in [0.2, 0.25) is 5.91 Å². The molecule has 24 heavy (non-hydrogen) atoms. The molecule has 0 spiro atoms. The van der Waals surface area contributed by atoms with Gasteiger partial charge in [-0.05, 0) is 44.8 Å². The molecule has 0 atom stereocenters. The van der Waals surface area contributed by atoms with E-state index in [0.29, 0.717) is 13.1 Å². The van der Waals surface area contributed by atoms with E-state index in [1.807, 2.05) is 31.3 Å². The molecule has 0 aliphatic carbocycles. The summed E-state index contributed by atoms with van der Waals surface area (Å²) < 4.78 is 13.0. The summed E-state index contributed by atoms with van der Waals surface area (Å²) >= 11 is 1.55. The first-order valence-corrected chi connectivity index (χ1v) is 8.60. The average molecular weight is 347 g/mol. The third kappa shape index (κ3) is 5.86. The Balaban J connectivity index is 2.07. The van der Waals surface area contributed by atoms with Crippen molar-refractivity contribution in [3.8, 4) is 0 Å². The SMILES string of the molecule is Cc1nc(/C=C\C(=O)N(CCN(C)C)Cc2ccc(F)cc2)cs1. The summed E-state index contributed by atoms with van der Waals surface area (Å²) in [5, 5.41) is 2.89. The number of likely N-dealkylation sites (N-methyl/N-ethyl adjacent to an activating group) is 1. The molecule has 4 nitrogen and oxygen atoms in total. The predicted molar refractivity (Wildman–Crippen MR) is 96.3 cm³/mol. The Morgan fingerprint density at radius 3 is 2.54 bits per heavy atom. The van der Waals surface area contributed by atoms with E-state index in [1.165, 1.54) is 12.1 Å². The number of thiazole rings is 1. The highest BCUT2D eigenvalue weighted by Crippen LogP contribution is 2.11. The molecule has 0 saturated carbocycles. The third-order valence-electron chi connectivity index (χ3n) is 3.45. The minimum atomic E-state index is -0.274. The van der Waals surface area contributed by atoms with Gasteiger partial charge in [-0.25, -0.2) is 9.37 Å². The number of halogens is 1. The number of nitrogens with zero attached hydrogens (tertiary/aromatic N) is 3. The van der Waals surface area contributed by atoms with Gasteiger partial charge in [0.05, 0.1) is 10.7 Å². The van der Waals surface area contributed by atoms with Crippen molar-refractivity contribution in [3.63, 3.8) is 0 Å². The van der Waals surface area contributed by atoms with E-state index in [1.54, 1.807) is 40.5 Å². The van der Waals surface area contributed by atoms with Gasteiger partial charge in [-0.2, -0.15) is 0 Å². The molecule has 1 heterocycles. The maximum Gasteiger partial charge on any atom is 0.246 e. The van der Waals surface area contributed by atoms with Crippen LogP contribution in [-0.2, 0) is 11.3 Å². The molecule has 0 unspecified atom stereocenters. The van der Waals surface area contributed by atoms with Gasteiger partial charge in [0.25, 0.3) is 0 Å². The molecule has 2 rings (SSSR count). The maximum atomic E-state index is 13.0. The van der Waals surface area contributed by atoms with Gasteiger partial charge >= 0.3 is 0 Å². The minimum absolute atomic E-state index is 0.0770. The molecule has 0 N–H and O–H groups in total. The molecule has 0 radical (unpaired) electrons. The van der Waals surface area contributed by atoms with Gasteiger partial charge in [-0.1, -0.05) is 12.1 Å². The summed E-state index contributed by atoms with van der Waals surface area (Å²) in [6, 6.07) is 6.24. The van der Waals surface area contributed by atoms with Crippen molar-refractivity contribution in [1.82, 2.24) is 14.8 Å².